The number of amides is 1. The van der Waals surface area contributed by atoms with Gasteiger partial charge >= 0.3 is 0 Å². The second-order valence-electron chi connectivity index (χ2n) is 4.99. The lowest BCUT2D eigenvalue weighted by Crippen LogP contribution is -2.27. The Kier molecular flexibility index (Phi) is 3.18. The molecule has 3 rings (SSSR count). The first-order valence-electron chi connectivity index (χ1n) is 6.70. The molecular formula is C15H17N3O2. The van der Waals surface area contributed by atoms with E-state index in [0.29, 0.717) is 12.8 Å². The van der Waals surface area contributed by atoms with Crippen molar-refractivity contribution >= 4 is 23.4 Å². The molecule has 1 aromatic carbocycles. The minimum absolute atomic E-state index is 0.0292. The third-order valence-electron chi connectivity index (χ3n) is 3.57. The Morgan fingerprint density at radius 2 is 2.20 bits per heavy atom. The number of anilines is 1. The normalized spacial score (nSPS) is 20.6. The minimum Gasteiger partial charge on any atom is -0.495 e. The third-order valence-corrected chi connectivity index (χ3v) is 3.57. The van der Waals surface area contributed by atoms with Gasteiger partial charge in [0.05, 0.1) is 18.5 Å². The van der Waals surface area contributed by atoms with Gasteiger partial charge in [-0.15, -0.1) is 0 Å². The van der Waals surface area contributed by atoms with Gasteiger partial charge in [-0.2, -0.15) is 5.10 Å². The van der Waals surface area contributed by atoms with Gasteiger partial charge < -0.3 is 10.1 Å². The fourth-order valence-corrected chi connectivity index (χ4v) is 2.53. The lowest BCUT2D eigenvalue weighted by Gasteiger charge is -2.24. The second-order valence-corrected chi connectivity index (χ2v) is 4.99. The van der Waals surface area contributed by atoms with Crippen LogP contribution in [0.15, 0.2) is 23.3 Å². The van der Waals surface area contributed by atoms with E-state index in [9.17, 15) is 4.79 Å². The van der Waals surface area contributed by atoms with E-state index in [4.69, 9.17) is 4.74 Å². The summed E-state index contributed by atoms with van der Waals surface area (Å²) in [6, 6.07) is 4.20. The first-order chi connectivity index (χ1) is 9.69. The molecule has 5 heteroatoms. The molecule has 0 aliphatic carbocycles. The number of ether oxygens (including phenoxy) is 1. The van der Waals surface area contributed by atoms with Crippen LogP contribution in [0.4, 0.5) is 5.69 Å². The summed E-state index contributed by atoms with van der Waals surface area (Å²) in [5.74, 6) is 0.791. The maximum Gasteiger partial charge on any atom is 0.240 e. The number of rotatable bonds is 2. The van der Waals surface area contributed by atoms with Gasteiger partial charge in [0.1, 0.15) is 5.75 Å². The molecule has 0 radical (unpaired) electrons. The van der Waals surface area contributed by atoms with Crippen molar-refractivity contribution in [2.24, 2.45) is 5.10 Å². The minimum atomic E-state index is -0.0292. The predicted octanol–water partition coefficient (Wildman–Crippen LogP) is 2.14. The van der Waals surface area contributed by atoms with E-state index in [-0.39, 0.29) is 11.9 Å². The molecule has 1 amide bonds. The van der Waals surface area contributed by atoms with Crippen LogP contribution in [0, 0.1) is 0 Å². The molecule has 5 nitrogen and oxygen atoms in total. The van der Waals surface area contributed by atoms with Gasteiger partial charge in [0.25, 0.3) is 0 Å². The molecule has 2 aliphatic heterocycles. The van der Waals surface area contributed by atoms with Crippen LogP contribution in [0.5, 0.6) is 5.75 Å². The van der Waals surface area contributed by atoms with Gasteiger partial charge in [0.2, 0.25) is 5.91 Å². The highest BCUT2D eigenvalue weighted by atomic mass is 16.5. The Hall–Kier alpha value is -2.30. The number of hydrazone groups is 1. The highest BCUT2D eigenvalue weighted by molar-refractivity contribution is 6.08. The van der Waals surface area contributed by atoms with Crippen molar-refractivity contribution in [2.75, 3.05) is 12.4 Å². The fourth-order valence-electron chi connectivity index (χ4n) is 2.53. The lowest BCUT2D eigenvalue weighted by atomic mass is 9.94. The highest BCUT2D eigenvalue weighted by Crippen LogP contribution is 2.36. The van der Waals surface area contributed by atoms with E-state index < -0.39 is 0 Å². The topological polar surface area (TPSA) is 62.7 Å². The van der Waals surface area contributed by atoms with Gasteiger partial charge in [-0.1, -0.05) is 12.2 Å². The summed E-state index contributed by atoms with van der Waals surface area (Å²) in [5, 5.41) is 7.59. The van der Waals surface area contributed by atoms with Crippen LogP contribution in [0.25, 0.3) is 6.08 Å². The van der Waals surface area contributed by atoms with E-state index in [1.165, 1.54) is 0 Å². The molecule has 1 aromatic rings. The van der Waals surface area contributed by atoms with Gasteiger partial charge in [-0.05, 0) is 19.1 Å². The molecule has 0 aromatic heterocycles. The highest BCUT2D eigenvalue weighted by Gasteiger charge is 2.21. The van der Waals surface area contributed by atoms with Crippen molar-refractivity contribution in [3.05, 3.63) is 29.3 Å². The fraction of sp³-hybridized carbons (Fsp3) is 0.333. The van der Waals surface area contributed by atoms with Crippen molar-refractivity contribution < 1.29 is 9.53 Å². The number of hydrogen-bond acceptors (Lipinski definition) is 4. The summed E-state index contributed by atoms with van der Waals surface area (Å²) in [6.45, 7) is 2.09. The Morgan fingerprint density at radius 1 is 1.35 bits per heavy atom. The first kappa shape index (κ1) is 12.7. The average molecular weight is 271 g/mol. The molecule has 20 heavy (non-hydrogen) atoms. The quantitative estimate of drug-likeness (QED) is 0.866. The van der Waals surface area contributed by atoms with E-state index in [1.807, 2.05) is 12.1 Å². The summed E-state index contributed by atoms with van der Waals surface area (Å²) in [5.41, 5.74) is 6.55. The molecule has 2 aliphatic rings. The molecule has 0 bridgehead atoms. The molecule has 0 saturated heterocycles. The van der Waals surface area contributed by atoms with Gasteiger partial charge in [0.15, 0.2) is 0 Å². The largest absolute Gasteiger partial charge is 0.495 e. The number of nitrogens with one attached hydrogen (secondary N) is 2. The zero-order chi connectivity index (χ0) is 14.1. The number of fused-ring (bicyclic) bond motifs is 1. The second kappa shape index (κ2) is 5.00. The predicted molar refractivity (Wildman–Crippen MR) is 79.0 cm³/mol. The number of hydrogen-bond donors (Lipinski definition) is 2. The van der Waals surface area contributed by atoms with Gasteiger partial charge in [-0.3, -0.25) is 4.79 Å². The average Bonchev–Trinajstić information content (AvgIpc) is 2.47. The maximum atomic E-state index is 11.2. The zero-order valence-electron chi connectivity index (χ0n) is 11.6. The molecule has 104 valence electrons. The molecule has 1 unspecified atom stereocenters. The monoisotopic (exact) mass is 271 g/mol. The molecular weight excluding hydrogens is 254 g/mol. The van der Waals surface area contributed by atoms with Crippen molar-refractivity contribution in [2.45, 2.75) is 25.8 Å². The van der Waals surface area contributed by atoms with Gasteiger partial charge in [0, 0.05) is 30.0 Å². The van der Waals surface area contributed by atoms with E-state index in [2.05, 4.69) is 34.9 Å². The molecule has 2 N–H and O–H groups in total. The molecule has 0 fully saturated rings. The number of nitrogens with zero attached hydrogens (tertiary/aromatic N) is 1. The molecule has 0 spiro atoms. The zero-order valence-corrected chi connectivity index (χ0v) is 11.6. The van der Waals surface area contributed by atoms with Crippen molar-refractivity contribution in [3.8, 4) is 5.75 Å². The van der Waals surface area contributed by atoms with Crippen molar-refractivity contribution in [1.82, 2.24) is 5.43 Å². The van der Waals surface area contributed by atoms with Crippen LogP contribution in [0.3, 0.4) is 0 Å². The van der Waals surface area contributed by atoms with E-state index >= 15 is 0 Å². The number of carbonyl (C=O) groups excluding carboxylic acids is 1. The molecule has 0 saturated carbocycles. The Bertz CT molecular complexity index is 620. The van der Waals surface area contributed by atoms with Crippen LogP contribution >= 0.6 is 0 Å². The van der Waals surface area contributed by atoms with E-state index in [0.717, 1.165) is 28.3 Å². The summed E-state index contributed by atoms with van der Waals surface area (Å²) < 4.78 is 5.41. The first-order valence-corrected chi connectivity index (χ1v) is 6.70. The number of carbonyl (C=O) groups is 1. The van der Waals surface area contributed by atoms with Crippen LogP contribution < -0.4 is 15.5 Å². The maximum absolute atomic E-state index is 11.2. The Labute approximate surface area is 117 Å². The standard InChI is InChI=1S/C15H17N3O2/c1-9-3-4-11-10(12-6-8-14(19)18-17-12)5-7-13(20-2)15(11)16-9/h3-5,7,9,16H,6,8H2,1-2H3,(H,18,19). The molecule has 1 atom stereocenters. The Balaban J connectivity index is 2.08. The number of methoxy groups -OCH3 is 1. The SMILES string of the molecule is COc1ccc(C2=NNC(=O)CC2)c2c1NC(C)C=C2. The summed E-state index contributed by atoms with van der Waals surface area (Å²) >= 11 is 0. The van der Waals surface area contributed by atoms with E-state index in [1.54, 1.807) is 7.11 Å². The van der Waals surface area contributed by atoms with Crippen LogP contribution in [-0.2, 0) is 4.79 Å². The lowest BCUT2D eigenvalue weighted by molar-refractivity contribution is -0.121. The van der Waals surface area contributed by atoms with Crippen molar-refractivity contribution in [3.63, 3.8) is 0 Å². The Morgan fingerprint density at radius 3 is 2.90 bits per heavy atom. The third kappa shape index (κ3) is 2.15. The number of benzene rings is 1. The summed E-state index contributed by atoms with van der Waals surface area (Å²) in [6.07, 6.45) is 5.34. The summed E-state index contributed by atoms with van der Waals surface area (Å²) in [4.78, 5) is 11.2. The van der Waals surface area contributed by atoms with Crippen LogP contribution in [0.2, 0.25) is 0 Å². The van der Waals surface area contributed by atoms with Crippen molar-refractivity contribution in [1.29, 1.82) is 0 Å². The van der Waals surface area contributed by atoms with Crippen LogP contribution in [-0.4, -0.2) is 24.8 Å². The van der Waals surface area contributed by atoms with Gasteiger partial charge in [-0.25, -0.2) is 5.43 Å². The summed E-state index contributed by atoms with van der Waals surface area (Å²) in [7, 11) is 1.66. The smallest absolute Gasteiger partial charge is 0.240 e. The molecule has 2 heterocycles. The van der Waals surface area contributed by atoms with Crippen LogP contribution in [0.1, 0.15) is 30.9 Å².